The van der Waals surface area contributed by atoms with Crippen molar-refractivity contribution < 1.29 is 28.2 Å². The zero-order valence-electron chi connectivity index (χ0n) is 17.2. The Morgan fingerprint density at radius 3 is 2.55 bits per heavy atom. The molecule has 0 saturated heterocycles. The minimum Gasteiger partial charge on any atom is -0.493 e. The molecule has 3 rings (SSSR count). The summed E-state index contributed by atoms with van der Waals surface area (Å²) in [6.07, 6.45) is 0.0173. The van der Waals surface area contributed by atoms with E-state index >= 15 is 0 Å². The van der Waals surface area contributed by atoms with Crippen molar-refractivity contribution in [3.8, 4) is 11.5 Å². The molecule has 0 amide bonds. The average molecular weight is 443 g/mol. The van der Waals surface area contributed by atoms with Gasteiger partial charge in [0.05, 0.1) is 18.7 Å². The molecule has 0 aliphatic heterocycles. The summed E-state index contributed by atoms with van der Waals surface area (Å²) in [6.45, 7) is 4.02. The number of ketones is 1. The first kappa shape index (κ1) is 22.4. The summed E-state index contributed by atoms with van der Waals surface area (Å²) >= 11 is 1.37. The Morgan fingerprint density at radius 2 is 1.84 bits per heavy atom. The van der Waals surface area contributed by atoms with Crippen LogP contribution in [0.25, 0.3) is 0 Å². The lowest BCUT2D eigenvalue weighted by molar-refractivity contribution is -0.144. The van der Waals surface area contributed by atoms with Gasteiger partial charge in [0.2, 0.25) is 0 Å². The molecule has 0 unspecified atom stereocenters. The second-order valence-corrected chi connectivity index (χ2v) is 7.57. The van der Waals surface area contributed by atoms with E-state index in [2.05, 4.69) is 4.98 Å². The van der Waals surface area contributed by atoms with Gasteiger partial charge in [-0.05, 0) is 56.3 Å². The molecular formula is C23H22FNO5S. The van der Waals surface area contributed by atoms with Crippen LogP contribution in [0.1, 0.15) is 40.5 Å². The van der Waals surface area contributed by atoms with E-state index < -0.39 is 5.97 Å². The molecular weight excluding hydrogens is 421 g/mol. The Bertz CT molecular complexity index is 1050. The number of carbonyl (C=O) groups is 2. The fraction of sp³-hybridized carbons (Fsp3) is 0.261. The summed E-state index contributed by atoms with van der Waals surface area (Å²) in [5, 5.41) is 2.46. The van der Waals surface area contributed by atoms with Crippen LogP contribution in [0.2, 0.25) is 0 Å². The van der Waals surface area contributed by atoms with Crippen molar-refractivity contribution in [1.82, 2.24) is 4.98 Å². The SMILES string of the molecule is CCOc1ccc(C(C)=O)cc1COC(=O)Cc1csc(COc2ccc(F)cc2)n1. The minimum absolute atomic E-state index is 0.0000408. The van der Waals surface area contributed by atoms with Crippen molar-refractivity contribution in [2.24, 2.45) is 0 Å². The van der Waals surface area contributed by atoms with Crippen molar-refractivity contribution in [1.29, 1.82) is 0 Å². The number of ether oxygens (including phenoxy) is 3. The maximum Gasteiger partial charge on any atom is 0.312 e. The molecule has 0 fully saturated rings. The highest BCUT2D eigenvalue weighted by atomic mass is 32.1. The van der Waals surface area contributed by atoms with Crippen LogP contribution in [0, 0.1) is 5.82 Å². The zero-order valence-corrected chi connectivity index (χ0v) is 18.0. The van der Waals surface area contributed by atoms with E-state index in [1.165, 1.54) is 30.4 Å². The van der Waals surface area contributed by atoms with Crippen LogP contribution in [0.15, 0.2) is 47.8 Å². The fourth-order valence-corrected chi connectivity index (χ4v) is 3.44. The van der Waals surface area contributed by atoms with Gasteiger partial charge in [0.1, 0.15) is 35.5 Å². The van der Waals surface area contributed by atoms with Gasteiger partial charge in [-0.15, -0.1) is 11.3 Å². The second kappa shape index (κ2) is 10.7. The Morgan fingerprint density at radius 1 is 1.06 bits per heavy atom. The van der Waals surface area contributed by atoms with Crippen LogP contribution in [0.3, 0.4) is 0 Å². The monoisotopic (exact) mass is 443 g/mol. The molecule has 0 aliphatic carbocycles. The molecule has 0 aliphatic rings. The van der Waals surface area contributed by atoms with Gasteiger partial charge in [-0.25, -0.2) is 9.37 Å². The van der Waals surface area contributed by atoms with Gasteiger partial charge in [0, 0.05) is 16.5 Å². The lowest BCUT2D eigenvalue weighted by Gasteiger charge is -2.12. The molecule has 2 aromatic carbocycles. The molecule has 1 heterocycles. The molecule has 3 aromatic rings. The first-order valence-corrected chi connectivity index (χ1v) is 10.6. The molecule has 162 valence electrons. The number of thiazole rings is 1. The predicted molar refractivity (Wildman–Crippen MR) is 114 cm³/mol. The lowest BCUT2D eigenvalue weighted by Crippen LogP contribution is -2.10. The van der Waals surface area contributed by atoms with Crippen LogP contribution in [-0.4, -0.2) is 23.3 Å². The highest BCUT2D eigenvalue weighted by Gasteiger charge is 2.13. The van der Waals surface area contributed by atoms with Crippen LogP contribution in [0.4, 0.5) is 4.39 Å². The van der Waals surface area contributed by atoms with E-state index in [0.29, 0.717) is 39.9 Å². The van der Waals surface area contributed by atoms with E-state index in [9.17, 15) is 14.0 Å². The van der Waals surface area contributed by atoms with Crippen molar-refractivity contribution in [3.63, 3.8) is 0 Å². The van der Waals surface area contributed by atoms with Crippen LogP contribution in [0.5, 0.6) is 11.5 Å². The van der Waals surface area contributed by atoms with Crippen LogP contribution < -0.4 is 9.47 Å². The normalized spacial score (nSPS) is 10.5. The largest absolute Gasteiger partial charge is 0.493 e. The number of halogens is 1. The Labute approximate surface area is 183 Å². The third-order valence-corrected chi connectivity index (χ3v) is 5.13. The standard InChI is InChI=1S/C23H22FNO5S/c1-3-28-21-9-4-16(15(2)26)10-17(21)12-30-23(27)11-19-14-31-22(25-19)13-29-20-7-5-18(24)6-8-20/h4-10,14H,3,11-13H2,1-2H3. The quantitative estimate of drug-likeness (QED) is 0.333. The lowest BCUT2D eigenvalue weighted by atomic mass is 10.1. The molecule has 0 atom stereocenters. The summed E-state index contributed by atoms with van der Waals surface area (Å²) in [5.41, 5.74) is 1.74. The average Bonchev–Trinajstić information content (AvgIpc) is 3.20. The Kier molecular flexibility index (Phi) is 7.72. The number of carbonyl (C=O) groups excluding carboxylic acids is 2. The number of hydrogen-bond donors (Lipinski definition) is 0. The van der Waals surface area contributed by atoms with Crippen molar-refractivity contribution in [2.75, 3.05) is 6.61 Å². The van der Waals surface area contributed by atoms with Crippen LogP contribution >= 0.6 is 11.3 Å². The van der Waals surface area contributed by atoms with Gasteiger partial charge >= 0.3 is 5.97 Å². The molecule has 6 nitrogen and oxygen atoms in total. The summed E-state index contributed by atoms with van der Waals surface area (Å²) in [7, 11) is 0. The molecule has 31 heavy (non-hydrogen) atoms. The first-order valence-electron chi connectivity index (χ1n) is 9.68. The molecule has 0 spiro atoms. The summed E-state index contributed by atoms with van der Waals surface area (Å²) in [5.74, 6) is 0.272. The molecule has 0 saturated carbocycles. The van der Waals surface area contributed by atoms with Gasteiger partial charge in [-0.2, -0.15) is 0 Å². The predicted octanol–water partition coefficient (Wildman–Crippen LogP) is 4.75. The van der Waals surface area contributed by atoms with E-state index in [1.54, 1.807) is 35.7 Å². The molecule has 0 N–H and O–H groups in total. The van der Waals surface area contributed by atoms with E-state index in [-0.39, 0.29) is 31.2 Å². The highest BCUT2D eigenvalue weighted by molar-refractivity contribution is 7.09. The van der Waals surface area contributed by atoms with Gasteiger partial charge < -0.3 is 14.2 Å². The van der Waals surface area contributed by atoms with E-state index in [4.69, 9.17) is 14.2 Å². The summed E-state index contributed by atoms with van der Waals surface area (Å²) < 4.78 is 29.4. The van der Waals surface area contributed by atoms with Crippen molar-refractivity contribution >= 4 is 23.1 Å². The third-order valence-electron chi connectivity index (χ3n) is 4.26. The Hall–Kier alpha value is -3.26. The number of aromatic nitrogens is 1. The topological polar surface area (TPSA) is 74.7 Å². The number of rotatable bonds is 10. The molecule has 8 heteroatoms. The van der Waals surface area contributed by atoms with E-state index in [1.807, 2.05) is 6.92 Å². The van der Waals surface area contributed by atoms with Crippen molar-refractivity contribution in [3.05, 3.63) is 75.5 Å². The van der Waals surface area contributed by atoms with Gasteiger partial charge in [0.15, 0.2) is 5.78 Å². The minimum atomic E-state index is -0.438. The van der Waals surface area contributed by atoms with Crippen LogP contribution in [-0.2, 0) is 29.2 Å². The van der Waals surface area contributed by atoms with E-state index in [0.717, 1.165) is 0 Å². The fourth-order valence-electron chi connectivity index (χ4n) is 2.74. The molecule has 1 aromatic heterocycles. The summed E-state index contributed by atoms with van der Waals surface area (Å²) in [4.78, 5) is 28.3. The smallest absolute Gasteiger partial charge is 0.312 e. The number of esters is 1. The number of Topliss-reactive ketones (excluding diaryl/α,β-unsaturated/α-hetero) is 1. The van der Waals surface area contributed by atoms with Gasteiger partial charge in [-0.3, -0.25) is 9.59 Å². The highest BCUT2D eigenvalue weighted by Crippen LogP contribution is 2.22. The number of nitrogens with zero attached hydrogens (tertiary/aromatic N) is 1. The number of benzene rings is 2. The maximum absolute atomic E-state index is 12.9. The first-order chi connectivity index (χ1) is 14.9. The van der Waals surface area contributed by atoms with Gasteiger partial charge in [-0.1, -0.05) is 0 Å². The number of hydrogen-bond acceptors (Lipinski definition) is 7. The molecule has 0 bridgehead atoms. The van der Waals surface area contributed by atoms with Gasteiger partial charge in [0.25, 0.3) is 0 Å². The Balaban J connectivity index is 1.54. The van der Waals surface area contributed by atoms with Crippen molar-refractivity contribution in [2.45, 2.75) is 33.5 Å². The molecule has 0 radical (unpaired) electrons. The maximum atomic E-state index is 12.9. The third kappa shape index (κ3) is 6.62. The summed E-state index contributed by atoms with van der Waals surface area (Å²) in [6, 6.07) is 10.8. The second-order valence-electron chi connectivity index (χ2n) is 6.62. The zero-order chi connectivity index (χ0) is 22.2.